The first-order valence-corrected chi connectivity index (χ1v) is 7.86. The van der Waals surface area contributed by atoms with Crippen LogP contribution < -0.4 is 4.90 Å². The van der Waals surface area contributed by atoms with Gasteiger partial charge in [0, 0.05) is 44.4 Å². The van der Waals surface area contributed by atoms with Crippen molar-refractivity contribution in [2.45, 2.75) is 25.7 Å². The fraction of sp³-hybridized carbons (Fsp3) is 0.471. The Bertz CT molecular complexity index is 702. The third-order valence-electron chi connectivity index (χ3n) is 4.10. The summed E-state index contributed by atoms with van der Waals surface area (Å²) in [5.41, 5.74) is 1.73. The normalized spacial score (nSPS) is 14.9. The molecule has 6 heteroatoms. The van der Waals surface area contributed by atoms with E-state index in [1.165, 1.54) is 0 Å². The average molecular weight is 314 g/mol. The molecule has 2 heterocycles. The van der Waals surface area contributed by atoms with Crippen molar-refractivity contribution in [3.05, 3.63) is 41.5 Å². The zero-order valence-electron chi connectivity index (χ0n) is 14.0. The highest BCUT2D eigenvalue weighted by molar-refractivity contribution is 5.95. The van der Waals surface area contributed by atoms with Gasteiger partial charge in [0.05, 0.1) is 5.92 Å². The van der Waals surface area contributed by atoms with Crippen LogP contribution in [0.15, 0.2) is 28.8 Å². The summed E-state index contributed by atoms with van der Waals surface area (Å²) in [4.78, 5) is 20.8. The fourth-order valence-electron chi connectivity index (χ4n) is 2.55. The van der Waals surface area contributed by atoms with Crippen LogP contribution in [-0.4, -0.2) is 48.1 Å². The molecule has 0 saturated carbocycles. The molecule has 1 aromatic heterocycles. The van der Waals surface area contributed by atoms with Gasteiger partial charge in [-0.15, -0.1) is 0 Å². The third kappa shape index (κ3) is 3.06. The second-order valence-electron chi connectivity index (χ2n) is 6.50. The molecule has 0 spiro atoms. The van der Waals surface area contributed by atoms with Gasteiger partial charge in [-0.1, -0.05) is 25.1 Å². The molecule has 1 amide bonds. The first-order chi connectivity index (χ1) is 11.0. The van der Waals surface area contributed by atoms with Gasteiger partial charge in [-0.25, -0.2) is 0 Å². The van der Waals surface area contributed by atoms with Gasteiger partial charge in [0.1, 0.15) is 0 Å². The molecule has 3 rings (SSSR count). The number of anilines is 1. The van der Waals surface area contributed by atoms with Crippen molar-refractivity contribution in [1.29, 1.82) is 0 Å². The Labute approximate surface area is 136 Å². The molecule has 0 N–H and O–H groups in total. The van der Waals surface area contributed by atoms with E-state index in [1.54, 1.807) is 0 Å². The van der Waals surface area contributed by atoms with Crippen molar-refractivity contribution in [3.63, 3.8) is 0 Å². The number of hydrogen-bond acceptors (Lipinski definition) is 5. The topological polar surface area (TPSA) is 62.5 Å². The smallest absolute Gasteiger partial charge is 0.253 e. The van der Waals surface area contributed by atoms with Gasteiger partial charge >= 0.3 is 0 Å². The lowest BCUT2D eigenvalue weighted by molar-refractivity contribution is 0.0569. The number of amides is 1. The average Bonchev–Trinajstić information content (AvgIpc) is 2.95. The minimum atomic E-state index is 0.0496. The molecule has 6 nitrogen and oxygen atoms in total. The molecule has 2 aromatic rings. The van der Waals surface area contributed by atoms with E-state index >= 15 is 0 Å². The molecule has 1 aliphatic heterocycles. The van der Waals surface area contributed by atoms with Crippen molar-refractivity contribution in [1.82, 2.24) is 15.0 Å². The van der Waals surface area contributed by atoms with Crippen LogP contribution in [0.2, 0.25) is 0 Å². The molecule has 0 unspecified atom stereocenters. The lowest BCUT2D eigenvalue weighted by Gasteiger charge is -2.37. The van der Waals surface area contributed by atoms with Crippen LogP contribution in [0.25, 0.3) is 0 Å². The van der Waals surface area contributed by atoms with Crippen LogP contribution in [0.3, 0.4) is 0 Å². The predicted octanol–water partition coefficient (Wildman–Crippen LogP) is 2.50. The quantitative estimate of drug-likeness (QED) is 0.867. The summed E-state index contributed by atoms with van der Waals surface area (Å²) in [7, 11) is 3.93. The summed E-state index contributed by atoms with van der Waals surface area (Å²) in [5, 5.41) is 3.98. The highest BCUT2D eigenvalue weighted by Crippen LogP contribution is 2.28. The fourth-order valence-corrected chi connectivity index (χ4v) is 2.55. The molecule has 122 valence electrons. The minimum Gasteiger partial charge on any atom is -0.378 e. The van der Waals surface area contributed by atoms with Crippen LogP contribution in [0, 0.1) is 0 Å². The van der Waals surface area contributed by atoms with Gasteiger partial charge in [0.15, 0.2) is 5.82 Å². The largest absolute Gasteiger partial charge is 0.378 e. The molecule has 1 fully saturated rings. The van der Waals surface area contributed by atoms with Crippen LogP contribution in [0.1, 0.15) is 47.8 Å². The van der Waals surface area contributed by atoms with Gasteiger partial charge in [-0.05, 0) is 18.2 Å². The Morgan fingerprint density at radius 3 is 2.70 bits per heavy atom. The maximum absolute atomic E-state index is 12.5. The van der Waals surface area contributed by atoms with Crippen LogP contribution in [0.4, 0.5) is 5.69 Å². The molecule has 23 heavy (non-hydrogen) atoms. The third-order valence-corrected chi connectivity index (χ3v) is 4.10. The molecule has 1 aromatic carbocycles. The molecule has 0 atom stereocenters. The van der Waals surface area contributed by atoms with Gasteiger partial charge < -0.3 is 14.3 Å². The summed E-state index contributed by atoms with van der Waals surface area (Å²) < 4.78 is 5.31. The Kier molecular flexibility index (Phi) is 4.07. The number of carbonyl (C=O) groups is 1. The molecule has 0 aliphatic carbocycles. The SMILES string of the molecule is CC(C)c1noc(C2CN(C(=O)c3cccc(N(C)C)c3)C2)n1. The van der Waals surface area contributed by atoms with Gasteiger partial charge in [-0.3, -0.25) is 4.79 Å². The predicted molar refractivity (Wildman–Crippen MR) is 87.8 cm³/mol. The van der Waals surface area contributed by atoms with E-state index in [1.807, 2.05) is 62.0 Å². The van der Waals surface area contributed by atoms with Crippen molar-refractivity contribution in [2.24, 2.45) is 0 Å². The first kappa shape index (κ1) is 15.5. The molecular formula is C17H22N4O2. The molecule has 1 saturated heterocycles. The van der Waals surface area contributed by atoms with Gasteiger partial charge in [0.25, 0.3) is 5.91 Å². The maximum Gasteiger partial charge on any atom is 0.253 e. The first-order valence-electron chi connectivity index (χ1n) is 7.86. The molecule has 0 radical (unpaired) electrons. The van der Waals surface area contributed by atoms with E-state index in [2.05, 4.69) is 10.1 Å². The van der Waals surface area contributed by atoms with E-state index in [9.17, 15) is 4.79 Å². The zero-order valence-corrected chi connectivity index (χ0v) is 14.0. The van der Waals surface area contributed by atoms with Crippen LogP contribution >= 0.6 is 0 Å². The molecular weight excluding hydrogens is 292 g/mol. The second kappa shape index (κ2) is 6.02. The van der Waals surface area contributed by atoms with E-state index in [4.69, 9.17) is 4.52 Å². The van der Waals surface area contributed by atoms with Crippen LogP contribution in [0.5, 0.6) is 0 Å². The number of benzene rings is 1. The number of likely N-dealkylation sites (tertiary alicyclic amines) is 1. The lowest BCUT2D eigenvalue weighted by atomic mass is 9.98. The summed E-state index contributed by atoms with van der Waals surface area (Å²) in [6.07, 6.45) is 0. The van der Waals surface area contributed by atoms with Gasteiger partial charge in [-0.2, -0.15) is 4.98 Å². The lowest BCUT2D eigenvalue weighted by Crippen LogP contribution is -2.48. The summed E-state index contributed by atoms with van der Waals surface area (Å²) in [6, 6.07) is 7.67. The summed E-state index contributed by atoms with van der Waals surface area (Å²) in [5.74, 6) is 1.81. The van der Waals surface area contributed by atoms with E-state index in [0.717, 1.165) is 11.5 Å². The van der Waals surface area contributed by atoms with Crippen molar-refractivity contribution in [2.75, 3.05) is 32.1 Å². The highest BCUT2D eigenvalue weighted by atomic mass is 16.5. The van der Waals surface area contributed by atoms with Crippen LogP contribution in [-0.2, 0) is 0 Å². The monoisotopic (exact) mass is 314 g/mol. The zero-order chi connectivity index (χ0) is 16.6. The minimum absolute atomic E-state index is 0.0496. The number of rotatable bonds is 4. The van der Waals surface area contributed by atoms with Crippen molar-refractivity contribution in [3.8, 4) is 0 Å². The maximum atomic E-state index is 12.5. The van der Waals surface area contributed by atoms with Crippen molar-refractivity contribution < 1.29 is 9.32 Å². The van der Waals surface area contributed by atoms with E-state index in [0.29, 0.717) is 24.5 Å². The van der Waals surface area contributed by atoms with Crippen molar-refractivity contribution >= 4 is 11.6 Å². The number of aromatic nitrogens is 2. The summed E-state index contributed by atoms with van der Waals surface area (Å²) >= 11 is 0. The Hall–Kier alpha value is -2.37. The molecule has 1 aliphatic rings. The second-order valence-corrected chi connectivity index (χ2v) is 6.50. The summed E-state index contributed by atoms with van der Waals surface area (Å²) in [6.45, 7) is 5.32. The Morgan fingerprint density at radius 1 is 1.35 bits per heavy atom. The highest BCUT2D eigenvalue weighted by Gasteiger charge is 2.36. The van der Waals surface area contributed by atoms with E-state index in [-0.39, 0.29) is 17.7 Å². The standard InChI is InChI=1S/C17H22N4O2/c1-11(2)15-18-16(23-19-15)13-9-21(10-13)17(22)12-6-5-7-14(8-12)20(3)4/h5-8,11,13H,9-10H2,1-4H3. The van der Waals surface area contributed by atoms with E-state index < -0.39 is 0 Å². The van der Waals surface area contributed by atoms with Gasteiger partial charge in [0.2, 0.25) is 5.89 Å². The Balaban J connectivity index is 1.64. The number of hydrogen-bond donors (Lipinski definition) is 0. The Morgan fingerprint density at radius 2 is 2.09 bits per heavy atom. The number of nitrogens with zero attached hydrogens (tertiary/aromatic N) is 4. The molecule has 0 bridgehead atoms. The number of carbonyl (C=O) groups excluding carboxylic acids is 1.